The molecule has 1 atom stereocenters. The summed E-state index contributed by atoms with van der Waals surface area (Å²) in [6.07, 6.45) is 4.80. The maximum atomic E-state index is 14.6. The highest BCUT2D eigenvalue weighted by molar-refractivity contribution is 6.74. The number of likely N-dealkylation sites (N-methyl/N-ethyl adjacent to an activating group) is 1. The molecule has 2 aromatic carbocycles. The Labute approximate surface area is 308 Å². The van der Waals surface area contributed by atoms with Crippen LogP contribution < -0.4 is 0 Å². The van der Waals surface area contributed by atoms with E-state index in [1.165, 1.54) is 25.3 Å². The van der Waals surface area contributed by atoms with Crippen molar-refractivity contribution in [2.24, 2.45) is 0 Å². The van der Waals surface area contributed by atoms with E-state index in [1.54, 1.807) is 36.4 Å². The van der Waals surface area contributed by atoms with Crippen molar-refractivity contribution in [1.29, 1.82) is 0 Å². The number of pyridine rings is 1. The molecule has 2 heterocycles. The first-order chi connectivity index (χ1) is 24.5. The fourth-order valence-corrected chi connectivity index (χ4v) is 7.26. The molecular weight excluding hydrogens is 674 g/mol. The lowest BCUT2D eigenvalue weighted by Gasteiger charge is -2.39. The number of amides is 1. The number of benzene rings is 2. The number of esters is 1. The maximum absolute atomic E-state index is 14.6. The second kappa shape index (κ2) is 17.2. The van der Waals surface area contributed by atoms with E-state index >= 15 is 0 Å². The number of hydrogen-bond donors (Lipinski definition) is 0. The Hall–Kier alpha value is -4.67. The fourth-order valence-electron chi connectivity index (χ4n) is 5.91. The normalized spacial score (nSPS) is 12.7. The van der Waals surface area contributed by atoms with Crippen LogP contribution in [0, 0.1) is 5.82 Å². The third-order valence-electron chi connectivity index (χ3n) is 9.68. The first kappa shape index (κ1) is 40.1. The van der Waals surface area contributed by atoms with Crippen LogP contribution in [0.15, 0.2) is 85.1 Å². The fraction of sp³-hybridized carbons (Fsp3) is 0.381. The Morgan fingerprint density at radius 1 is 0.923 bits per heavy atom. The molecule has 1 amide bonds. The van der Waals surface area contributed by atoms with E-state index in [4.69, 9.17) is 9.16 Å². The number of halogens is 1. The zero-order chi connectivity index (χ0) is 38.2. The van der Waals surface area contributed by atoms with E-state index in [2.05, 4.69) is 38.8 Å². The van der Waals surface area contributed by atoms with Gasteiger partial charge in [0, 0.05) is 55.5 Å². The van der Waals surface area contributed by atoms with Gasteiger partial charge >= 0.3 is 5.97 Å². The van der Waals surface area contributed by atoms with Gasteiger partial charge in [0.15, 0.2) is 14.1 Å². The molecular formula is C42H52FN3O5Si. The van der Waals surface area contributed by atoms with Crippen molar-refractivity contribution in [3.8, 4) is 22.3 Å². The van der Waals surface area contributed by atoms with E-state index < -0.39 is 20.4 Å². The molecule has 4 aromatic rings. The van der Waals surface area contributed by atoms with Gasteiger partial charge in [0.05, 0.1) is 25.3 Å². The molecule has 0 spiro atoms. The van der Waals surface area contributed by atoms with Gasteiger partial charge < -0.3 is 18.6 Å². The third-order valence-corrected chi connectivity index (χ3v) is 14.2. The van der Waals surface area contributed by atoms with Crippen molar-refractivity contribution in [3.05, 3.63) is 108 Å². The van der Waals surface area contributed by atoms with Gasteiger partial charge in [0.25, 0.3) is 5.91 Å². The predicted molar refractivity (Wildman–Crippen MR) is 208 cm³/mol. The summed E-state index contributed by atoms with van der Waals surface area (Å²) in [5.74, 6) is -1.27. The summed E-state index contributed by atoms with van der Waals surface area (Å²) in [6.45, 7) is 14.9. The van der Waals surface area contributed by atoms with Gasteiger partial charge in [-0.2, -0.15) is 0 Å². The molecule has 0 saturated carbocycles. The number of allylic oxidation sites excluding steroid dienone is 1. The average Bonchev–Trinajstić information content (AvgIpc) is 3.45. The number of ketones is 1. The van der Waals surface area contributed by atoms with E-state index in [0.29, 0.717) is 41.0 Å². The zero-order valence-corrected chi connectivity index (χ0v) is 32.9. The Morgan fingerprint density at radius 3 is 2.13 bits per heavy atom. The standard InChI is InChI=1S/C42H52FN3O5Si/c1-29(2)46-36(23-22-34(47)27-35(28-37(48)50-7)51-52(8,9)42(3,4)5)38(31-18-20-32(43)21-19-31)39(30-15-11-10-12-16-30)40(46)41(49)45(6)26-24-33-17-13-14-25-44-33/h10-23,25,29,35H,24,26-28H2,1-9H3/t35-/m1/s1. The summed E-state index contributed by atoms with van der Waals surface area (Å²) >= 11 is 0. The Kier molecular flexibility index (Phi) is 13.3. The lowest BCUT2D eigenvalue weighted by atomic mass is 9.94. The van der Waals surface area contributed by atoms with Crippen molar-refractivity contribution < 1.29 is 27.9 Å². The van der Waals surface area contributed by atoms with Gasteiger partial charge in [-0.15, -0.1) is 0 Å². The molecule has 0 radical (unpaired) electrons. The average molecular weight is 726 g/mol. The summed E-state index contributed by atoms with van der Waals surface area (Å²) in [5.41, 5.74) is 4.86. The SMILES string of the molecule is COC(=O)C[C@@H](CC(=O)C=Cc1c(-c2ccc(F)cc2)c(-c2ccccc2)c(C(=O)N(C)CCc2ccccn2)n1C(C)C)O[Si](C)(C)C(C)(C)C. The zero-order valence-electron chi connectivity index (χ0n) is 31.9. The maximum Gasteiger partial charge on any atom is 0.308 e. The molecule has 0 fully saturated rings. The minimum absolute atomic E-state index is 0.0278. The van der Waals surface area contributed by atoms with Crippen LogP contribution >= 0.6 is 0 Å². The van der Waals surface area contributed by atoms with Gasteiger partial charge in [-0.3, -0.25) is 19.4 Å². The summed E-state index contributed by atoms with van der Waals surface area (Å²) in [5, 5.41) is -0.135. The molecule has 0 N–H and O–H groups in total. The van der Waals surface area contributed by atoms with E-state index in [0.717, 1.165) is 11.3 Å². The second-order valence-corrected chi connectivity index (χ2v) is 19.7. The number of ether oxygens (including phenoxy) is 1. The van der Waals surface area contributed by atoms with Gasteiger partial charge in [-0.25, -0.2) is 4.39 Å². The Morgan fingerprint density at radius 2 is 1.56 bits per heavy atom. The minimum Gasteiger partial charge on any atom is -0.469 e. The van der Waals surface area contributed by atoms with Crippen LogP contribution in [0.5, 0.6) is 0 Å². The van der Waals surface area contributed by atoms with Crippen molar-refractivity contribution in [1.82, 2.24) is 14.5 Å². The molecule has 0 aliphatic heterocycles. The topological polar surface area (TPSA) is 90.7 Å². The summed E-state index contributed by atoms with van der Waals surface area (Å²) in [6, 6.07) is 21.3. The highest BCUT2D eigenvalue weighted by Gasteiger charge is 2.40. The molecule has 10 heteroatoms. The molecule has 0 aliphatic rings. The highest BCUT2D eigenvalue weighted by Crippen LogP contribution is 2.43. The van der Waals surface area contributed by atoms with Crippen LogP contribution in [0.25, 0.3) is 28.3 Å². The Bertz CT molecular complexity index is 1860. The molecule has 0 unspecified atom stereocenters. The number of rotatable bonds is 15. The van der Waals surface area contributed by atoms with Crippen LogP contribution in [0.3, 0.4) is 0 Å². The molecule has 4 rings (SSSR count). The number of methoxy groups -OCH3 is 1. The number of hydrogen-bond acceptors (Lipinski definition) is 6. The first-order valence-electron chi connectivity index (χ1n) is 17.7. The Balaban J connectivity index is 1.87. The summed E-state index contributed by atoms with van der Waals surface area (Å²) in [7, 11) is 0.758. The van der Waals surface area contributed by atoms with Gasteiger partial charge in [0.1, 0.15) is 11.5 Å². The third kappa shape index (κ3) is 9.80. The van der Waals surface area contributed by atoms with Crippen LogP contribution in [0.1, 0.15) is 75.4 Å². The summed E-state index contributed by atoms with van der Waals surface area (Å²) < 4.78 is 27.8. The van der Waals surface area contributed by atoms with Crippen molar-refractivity contribution in [2.45, 2.75) is 84.2 Å². The monoisotopic (exact) mass is 725 g/mol. The molecule has 8 nitrogen and oxygen atoms in total. The molecule has 0 saturated heterocycles. The minimum atomic E-state index is -2.34. The number of nitrogens with zero attached hydrogens (tertiary/aromatic N) is 3. The molecule has 2 aromatic heterocycles. The number of carbonyl (C=O) groups is 3. The number of carbonyl (C=O) groups excluding carboxylic acids is 3. The lowest BCUT2D eigenvalue weighted by molar-refractivity contribution is -0.142. The van der Waals surface area contributed by atoms with E-state index in [9.17, 15) is 18.8 Å². The quantitative estimate of drug-likeness (QED) is 0.0690. The summed E-state index contributed by atoms with van der Waals surface area (Å²) in [4.78, 5) is 46.9. The highest BCUT2D eigenvalue weighted by atomic mass is 28.4. The molecule has 0 bridgehead atoms. The lowest BCUT2D eigenvalue weighted by Crippen LogP contribution is -2.44. The first-order valence-corrected chi connectivity index (χ1v) is 20.6. The second-order valence-electron chi connectivity index (χ2n) is 14.9. The van der Waals surface area contributed by atoms with Gasteiger partial charge in [0.2, 0.25) is 0 Å². The molecule has 276 valence electrons. The number of aromatic nitrogens is 2. The van der Waals surface area contributed by atoms with E-state index in [1.807, 2.05) is 66.9 Å². The van der Waals surface area contributed by atoms with Crippen LogP contribution in [0.4, 0.5) is 4.39 Å². The van der Waals surface area contributed by atoms with E-state index in [-0.39, 0.29) is 41.4 Å². The van der Waals surface area contributed by atoms with Crippen molar-refractivity contribution in [2.75, 3.05) is 20.7 Å². The van der Waals surface area contributed by atoms with Crippen LogP contribution in [-0.4, -0.2) is 67.2 Å². The molecule has 0 aliphatic carbocycles. The largest absolute Gasteiger partial charge is 0.469 e. The van der Waals surface area contributed by atoms with Gasteiger partial charge in [-0.05, 0) is 79.5 Å². The van der Waals surface area contributed by atoms with Crippen LogP contribution in [0.2, 0.25) is 18.1 Å². The van der Waals surface area contributed by atoms with Crippen molar-refractivity contribution >= 4 is 32.1 Å². The van der Waals surface area contributed by atoms with Crippen LogP contribution in [-0.2, 0) is 25.2 Å². The molecule has 52 heavy (non-hydrogen) atoms. The predicted octanol–water partition coefficient (Wildman–Crippen LogP) is 9.18. The van der Waals surface area contributed by atoms with Crippen molar-refractivity contribution in [3.63, 3.8) is 0 Å². The van der Waals surface area contributed by atoms with Gasteiger partial charge in [-0.1, -0.05) is 69.3 Å². The smallest absolute Gasteiger partial charge is 0.308 e.